The van der Waals surface area contributed by atoms with E-state index in [2.05, 4.69) is 5.32 Å². The highest BCUT2D eigenvalue weighted by molar-refractivity contribution is 6.30. The molecule has 0 radical (unpaired) electrons. The van der Waals surface area contributed by atoms with Gasteiger partial charge in [0, 0.05) is 34.3 Å². The highest BCUT2D eigenvalue weighted by Gasteiger charge is 2.41. The third-order valence-electron chi connectivity index (χ3n) is 6.71. The van der Waals surface area contributed by atoms with E-state index in [0.29, 0.717) is 52.8 Å². The Kier molecular flexibility index (Phi) is 8.28. The molecule has 2 aromatic carbocycles. The monoisotopic (exact) mass is 523 g/mol. The predicted molar refractivity (Wildman–Crippen MR) is 144 cm³/mol. The van der Waals surface area contributed by atoms with Crippen molar-refractivity contribution in [3.8, 4) is 11.5 Å². The van der Waals surface area contributed by atoms with Crippen LogP contribution in [0.15, 0.2) is 65.0 Å². The standard InChI is InChI=1S/C30H34ClNO5/c1-6-13-36-25-12-9-20(16-26(25)35-5)28-27(30(34)37-17(2)3)18(4)32-23-14-21(15-24(33)29(23)28)19-7-10-22(31)11-8-19/h7-12,16-17,21,28,32H,6,13-15H2,1-5H3/t21-,28-/m0/s1. The number of hydrogen-bond acceptors (Lipinski definition) is 6. The summed E-state index contributed by atoms with van der Waals surface area (Å²) in [5.74, 6) is 0.202. The molecule has 196 valence electrons. The topological polar surface area (TPSA) is 73.9 Å². The molecule has 0 aromatic heterocycles. The van der Waals surface area contributed by atoms with Crippen molar-refractivity contribution in [2.75, 3.05) is 13.7 Å². The molecular weight excluding hydrogens is 490 g/mol. The molecule has 1 aliphatic carbocycles. The zero-order valence-electron chi connectivity index (χ0n) is 22.0. The largest absolute Gasteiger partial charge is 0.493 e. The van der Waals surface area contributed by atoms with Crippen LogP contribution in [0.1, 0.15) is 69.9 Å². The number of carbonyl (C=O) groups excluding carboxylic acids is 2. The first-order valence-corrected chi connectivity index (χ1v) is 13.1. The van der Waals surface area contributed by atoms with Crippen LogP contribution in [0, 0.1) is 0 Å². The number of rotatable bonds is 8. The Morgan fingerprint density at radius 2 is 1.78 bits per heavy atom. The molecule has 1 heterocycles. The van der Waals surface area contributed by atoms with Gasteiger partial charge in [0.25, 0.3) is 0 Å². The average molecular weight is 524 g/mol. The first-order valence-electron chi connectivity index (χ1n) is 12.7. The summed E-state index contributed by atoms with van der Waals surface area (Å²) < 4.78 is 17.1. The number of esters is 1. The predicted octanol–water partition coefficient (Wildman–Crippen LogP) is 6.45. The summed E-state index contributed by atoms with van der Waals surface area (Å²) in [6.07, 6.45) is 1.57. The number of hydrogen-bond donors (Lipinski definition) is 1. The molecule has 0 fully saturated rings. The lowest BCUT2D eigenvalue weighted by Gasteiger charge is -2.37. The molecule has 0 saturated heterocycles. The fourth-order valence-electron chi connectivity index (χ4n) is 5.09. The van der Waals surface area contributed by atoms with Crippen molar-refractivity contribution in [2.24, 2.45) is 0 Å². The number of dihydropyridines is 1. The molecule has 0 unspecified atom stereocenters. The van der Waals surface area contributed by atoms with Crippen LogP contribution in [0.25, 0.3) is 0 Å². The first-order chi connectivity index (χ1) is 17.7. The van der Waals surface area contributed by atoms with Gasteiger partial charge in [-0.2, -0.15) is 0 Å². The molecular formula is C30H34ClNO5. The fourth-order valence-corrected chi connectivity index (χ4v) is 5.21. The van der Waals surface area contributed by atoms with Gasteiger partial charge in [-0.1, -0.05) is 36.7 Å². The van der Waals surface area contributed by atoms with Crippen LogP contribution < -0.4 is 14.8 Å². The van der Waals surface area contributed by atoms with Crippen molar-refractivity contribution in [1.29, 1.82) is 0 Å². The molecule has 2 aliphatic rings. The molecule has 0 amide bonds. The van der Waals surface area contributed by atoms with Crippen molar-refractivity contribution in [2.45, 2.75) is 64.9 Å². The number of allylic oxidation sites excluding steroid dienone is 3. The van der Waals surface area contributed by atoms with E-state index in [1.54, 1.807) is 7.11 Å². The molecule has 7 heteroatoms. The fraction of sp³-hybridized carbons (Fsp3) is 0.400. The lowest BCUT2D eigenvalue weighted by atomic mass is 9.71. The van der Waals surface area contributed by atoms with Gasteiger partial charge in [-0.3, -0.25) is 4.79 Å². The van der Waals surface area contributed by atoms with E-state index in [9.17, 15) is 9.59 Å². The van der Waals surface area contributed by atoms with E-state index in [4.69, 9.17) is 25.8 Å². The lowest BCUT2D eigenvalue weighted by molar-refractivity contribution is -0.143. The van der Waals surface area contributed by atoms with Gasteiger partial charge in [0.05, 0.1) is 25.4 Å². The summed E-state index contributed by atoms with van der Waals surface area (Å²) in [5, 5.41) is 4.05. The number of halogens is 1. The van der Waals surface area contributed by atoms with Crippen LogP contribution in [-0.2, 0) is 14.3 Å². The van der Waals surface area contributed by atoms with Gasteiger partial charge in [0.2, 0.25) is 0 Å². The minimum atomic E-state index is -0.574. The second-order valence-electron chi connectivity index (χ2n) is 9.78. The number of ketones is 1. The summed E-state index contributed by atoms with van der Waals surface area (Å²) >= 11 is 6.08. The number of ether oxygens (including phenoxy) is 3. The molecule has 4 rings (SSSR count). The summed E-state index contributed by atoms with van der Waals surface area (Å²) in [6, 6.07) is 13.3. The van der Waals surface area contributed by atoms with E-state index in [1.165, 1.54) is 0 Å². The minimum absolute atomic E-state index is 0.00585. The lowest BCUT2D eigenvalue weighted by Crippen LogP contribution is -2.36. The van der Waals surface area contributed by atoms with Gasteiger partial charge in [-0.15, -0.1) is 0 Å². The van der Waals surface area contributed by atoms with Gasteiger partial charge in [-0.05, 0) is 74.9 Å². The Labute approximate surface area is 223 Å². The number of methoxy groups -OCH3 is 1. The second kappa shape index (κ2) is 11.4. The summed E-state index contributed by atoms with van der Waals surface area (Å²) in [4.78, 5) is 27.1. The Morgan fingerprint density at radius 3 is 2.43 bits per heavy atom. The van der Waals surface area contributed by atoms with E-state index < -0.39 is 11.9 Å². The summed E-state index contributed by atoms with van der Waals surface area (Å²) in [7, 11) is 1.59. The van der Waals surface area contributed by atoms with Crippen molar-refractivity contribution in [1.82, 2.24) is 5.32 Å². The number of nitrogens with one attached hydrogen (secondary N) is 1. The van der Waals surface area contributed by atoms with Crippen LogP contribution >= 0.6 is 11.6 Å². The van der Waals surface area contributed by atoms with Gasteiger partial charge in [0.1, 0.15) is 0 Å². The van der Waals surface area contributed by atoms with E-state index in [0.717, 1.165) is 23.2 Å². The summed E-state index contributed by atoms with van der Waals surface area (Å²) in [6.45, 7) is 8.09. The third kappa shape index (κ3) is 5.69. The van der Waals surface area contributed by atoms with Crippen molar-refractivity contribution < 1.29 is 23.8 Å². The average Bonchev–Trinajstić information content (AvgIpc) is 2.86. The van der Waals surface area contributed by atoms with Crippen LogP contribution in [0.5, 0.6) is 11.5 Å². The highest BCUT2D eigenvalue weighted by atomic mass is 35.5. The van der Waals surface area contributed by atoms with E-state index >= 15 is 0 Å². The molecule has 2 aromatic rings. The van der Waals surface area contributed by atoms with Crippen LogP contribution in [-0.4, -0.2) is 31.6 Å². The van der Waals surface area contributed by atoms with Gasteiger partial charge in [0.15, 0.2) is 17.3 Å². The zero-order valence-corrected chi connectivity index (χ0v) is 22.8. The van der Waals surface area contributed by atoms with Crippen molar-refractivity contribution >= 4 is 23.4 Å². The molecule has 0 spiro atoms. The van der Waals surface area contributed by atoms with Gasteiger partial charge < -0.3 is 19.5 Å². The van der Waals surface area contributed by atoms with Crippen molar-refractivity contribution in [3.63, 3.8) is 0 Å². The molecule has 37 heavy (non-hydrogen) atoms. The number of carbonyl (C=O) groups is 2. The molecule has 1 N–H and O–H groups in total. The van der Waals surface area contributed by atoms with Crippen LogP contribution in [0.4, 0.5) is 0 Å². The molecule has 6 nitrogen and oxygen atoms in total. The van der Waals surface area contributed by atoms with Crippen LogP contribution in [0.2, 0.25) is 5.02 Å². The second-order valence-corrected chi connectivity index (χ2v) is 10.2. The first kappa shape index (κ1) is 26.8. The SMILES string of the molecule is CCCOc1ccc([C@H]2C(C(=O)OC(C)C)=C(C)NC3=C2C(=O)C[C@@H](c2ccc(Cl)cc2)C3)cc1OC. The zero-order chi connectivity index (χ0) is 26.7. The molecule has 1 aliphatic heterocycles. The smallest absolute Gasteiger partial charge is 0.337 e. The van der Waals surface area contributed by atoms with E-state index in [1.807, 2.05) is 70.2 Å². The Balaban J connectivity index is 1.80. The molecule has 0 saturated carbocycles. The highest BCUT2D eigenvalue weighted by Crippen LogP contribution is 2.47. The normalized spacial score (nSPS) is 19.5. The van der Waals surface area contributed by atoms with E-state index in [-0.39, 0.29) is 17.8 Å². The van der Waals surface area contributed by atoms with Crippen LogP contribution in [0.3, 0.4) is 0 Å². The quantitative estimate of drug-likeness (QED) is 0.401. The van der Waals surface area contributed by atoms with Gasteiger partial charge in [-0.25, -0.2) is 4.79 Å². The Hall–Kier alpha value is -3.25. The number of benzene rings is 2. The maximum Gasteiger partial charge on any atom is 0.337 e. The number of Topliss-reactive ketones (excluding diaryl/α,β-unsaturated/α-hetero) is 1. The van der Waals surface area contributed by atoms with Crippen molar-refractivity contribution in [3.05, 3.63) is 81.2 Å². The minimum Gasteiger partial charge on any atom is -0.493 e. The maximum atomic E-state index is 13.8. The molecule has 2 atom stereocenters. The molecule has 0 bridgehead atoms. The maximum absolute atomic E-state index is 13.8. The Bertz CT molecular complexity index is 1250. The van der Waals surface area contributed by atoms with Gasteiger partial charge >= 0.3 is 5.97 Å². The Morgan fingerprint density at radius 1 is 1.08 bits per heavy atom. The third-order valence-corrected chi connectivity index (χ3v) is 6.97. The summed E-state index contributed by atoms with van der Waals surface area (Å²) in [5.41, 5.74) is 4.41.